The Labute approximate surface area is 113 Å². The number of hydrogen-bond donors (Lipinski definition) is 0. The van der Waals surface area contributed by atoms with Crippen LogP contribution in [0.25, 0.3) is 0 Å². The molecule has 2 heterocycles. The molecule has 2 aromatic rings. The van der Waals surface area contributed by atoms with E-state index in [1.54, 1.807) is 9.25 Å². The summed E-state index contributed by atoms with van der Waals surface area (Å²) in [7, 11) is 0. The van der Waals surface area contributed by atoms with E-state index in [0.717, 1.165) is 11.4 Å². The number of ketones is 1. The minimum absolute atomic E-state index is 0.350. The first kappa shape index (κ1) is 14.4. The molecule has 0 spiro atoms. The Kier molecular flexibility index (Phi) is 3.69. The predicted molar refractivity (Wildman–Crippen MR) is 66.6 cm³/mol. The Hall–Kier alpha value is -2.05. The van der Waals surface area contributed by atoms with Gasteiger partial charge in [0.2, 0.25) is 0 Å². The molecule has 0 aliphatic carbocycles. The minimum Gasteiger partial charge on any atom is -0.348 e. The van der Waals surface area contributed by atoms with Crippen molar-refractivity contribution >= 4 is 5.78 Å². The van der Waals surface area contributed by atoms with Gasteiger partial charge in [-0.25, -0.2) is 0 Å². The fourth-order valence-electron chi connectivity index (χ4n) is 2.02. The second-order valence-electron chi connectivity index (χ2n) is 4.49. The lowest BCUT2D eigenvalue weighted by atomic mass is 10.2. The molecule has 2 aromatic heterocycles. The number of halogens is 3. The summed E-state index contributed by atoms with van der Waals surface area (Å²) in [5.41, 5.74) is 1.38. The van der Waals surface area contributed by atoms with Gasteiger partial charge < -0.3 is 4.57 Å². The number of aromatic nitrogens is 3. The third-order valence-electron chi connectivity index (χ3n) is 2.90. The Morgan fingerprint density at radius 2 is 2.10 bits per heavy atom. The molecule has 0 fully saturated rings. The van der Waals surface area contributed by atoms with Crippen LogP contribution in [0.1, 0.15) is 28.7 Å². The van der Waals surface area contributed by atoms with Gasteiger partial charge >= 0.3 is 6.18 Å². The number of alkyl halides is 3. The molecular formula is C13H14F3N3O. The van der Waals surface area contributed by atoms with E-state index < -0.39 is 12.0 Å². The molecule has 20 heavy (non-hydrogen) atoms. The van der Waals surface area contributed by atoms with Crippen LogP contribution < -0.4 is 0 Å². The summed E-state index contributed by atoms with van der Waals surface area (Å²) in [5.74, 6) is -1.82. The molecule has 7 heteroatoms. The molecule has 0 aliphatic heterocycles. The third kappa shape index (κ3) is 2.92. The highest BCUT2D eigenvalue weighted by atomic mass is 19.4. The average molecular weight is 285 g/mol. The van der Waals surface area contributed by atoms with E-state index in [9.17, 15) is 18.0 Å². The van der Waals surface area contributed by atoms with Crippen LogP contribution >= 0.6 is 0 Å². The van der Waals surface area contributed by atoms with E-state index in [-0.39, 0.29) is 5.56 Å². The van der Waals surface area contributed by atoms with Gasteiger partial charge in [0, 0.05) is 24.5 Å². The van der Waals surface area contributed by atoms with Crippen LogP contribution in [0.15, 0.2) is 24.5 Å². The van der Waals surface area contributed by atoms with Gasteiger partial charge in [0.05, 0.1) is 17.9 Å². The van der Waals surface area contributed by atoms with E-state index in [2.05, 4.69) is 5.10 Å². The van der Waals surface area contributed by atoms with Crippen LogP contribution in [-0.2, 0) is 13.1 Å². The maximum absolute atomic E-state index is 12.3. The first-order valence-corrected chi connectivity index (χ1v) is 6.12. The van der Waals surface area contributed by atoms with Gasteiger partial charge in [-0.05, 0) is 26.0 Å². The fraction of sp³-hybridized carbons (Fsp3) is 0.385. The molecule has 4 nitrogen and oxygen atoms in total. The Balaban J connectivity index is 2.20. The number of aryl methyl sites for hydroxylation is 2. The molecule has 0 saturated carbocycles. The zero-order chi connectivity index (χ0) is 14.9. The van der Waals surface area contributed by atoms with Gasteiger partial charge in [0.25, 0.3) is 5.78 Å². The minimum atomic E-state index is -4.84. The highest BCUT2D eigenvalue weighted by Gasteiger charge is 2.39. The van der Waals surface area contributed by atoms with Gasteiger partial charge in [0.1, 0.15) is 0 Å². The van der Waals surface area contributed by atoms with Gasteiger partial charge in [-0.3, -0.25) is 9.48 Å². The molecule has 0 aliphatic rings. The maximum Gasteiger partial charge on any atom is 0.454 e. The first-order chi connectivity index (χ1) is 9.31. The van der Waals surface area contributed by atoms with Crippen molar-refractivity contribution in [2.45, 2.75) is 33.1 Å². The Bertz CT molecular complexity index is 625. The lowest BCUT2D eigenvalue weighted by Gasteiger charge is -2.06. The van der Waals surface area contributed by atoms with E-state index in [1.165, 1.54) is 18.5 Å². The van der Waals surface area contributed by atoms with Crippen molar-refractivity contribution in [3.05, 3.63) is 41.5 Å². The van der Waals surface area contributed by atoms with E-state index in [1.807, 2.05) is 19.9 Å². The summed E-state index contributed by atoms with van der Waals surface area (Å²) in [6.07, 6.45) is -2.17. The topological polar surface area (TPSA) is 39.8 Å². The lowest BCUT2D eigenvalue weighted by molar-refractivity contribution is -0.0885. The number of carbonyl (C=O) groups excluding carboxylic acids is 1. The number of nitrogens with zero attached hydrogens (tertiary/aromatic N) is 3. The normalized spacial score (nSPS) is 11.8. The van der Waals surface area contributed by atoms with Gasteiger partial charge in [-0.15, -0.1) is 0 Å². The summed E-state index contributed by atoms with van der Waals surface area (Å²) in [6.45, 7) is 4.84. The molecular weight excluding hydrogens is 271 g/mol. The van der Waals surface area contributed by atoms with Crippen molar-refractivity contribution in [1.82, 2.24) is 14.3 Å². The van der Waals surface area contributed by atoms with Crippen LogP contribution in [-0.4, -0.2) is 26.3 Å². The average Bonchev–Trinajstić information content (AvgIpc) is 2.94. The second kappa shape index (κ2) is 5.15. The van der Waals surface area contributed by atoms with Crippen molar-refractivity contribution in [2.24, 2.45) is 0 Å². The maximum atomic E-state index is 12.3. The first-order valence-electron chi connectivity index (χ1n) is 6.12. The van der Waals surface area contributed by atoms with Crippen LogP contribution in [0.3, 0.4) is 0 Å². The van der Waals surface area contributed by atoms with Crippen molar-refractivity contribution in [3.8, 4) is 0 Å². The number of rotatable bonds is 4. The molecule has 0 bridgehead atoms. The molecule has 108 valence electrons. The molecule has 2 rings (SSSR count). The number of hydrogen-bond acceptors (Lipinski definition) is 2. The zero-order valence-corrected chi connectivity index (χ0v) is 11.1. The van der Waals surface area contributed by atoms with Crippen molar-refractivity contribution in [2.75, 3.05) is 0 Å². The van der Waals surface area contributed by atoms with Crippen LogP contribution in [0.4, 0.5) is 13.2 Å². The van der Waals surface area contributed by atoms with Crippen LogP contribution in [0.2, 0.25) is 0 Å². The van der Waals surface area contributed by atoms with Crippen molar-refractivity contribution in [1.29, 1.82) is 0 Å². The summed E-state index contributed by atoms with van der Waals surface area (Å²) in [5, 5.41) is 4.26. The fourth-order valence-corrected chi connectivity index (χ4v) is 2.02. The number of carbonyl (C=O) groups is 1. The molecule has 0 saturated heterocycles. The van der Waals surface area contributed by atoms with Crippen LogP contribution in [0, 0.1) is 6.92 Å². The lowest BCUT2D eigenvalue weighted by Crippen LogP contribution is -2.22. The standard InChI is InChI=1S/C13H14F3N3O/c1-3-19-11(6-9(2)17-19)8-18-5-4-10(7-18)12(20)13(14,15)16/h4-7H,3,8H2,1-2H3. The van der Waals surface area contributed by atoms with Gasteiger partial charge in [-0.1, -0.05) is 0 Å². The molecule has 0 unspecified atom stereocenters. The van der Waals surface area contributed by atoms with Crippen LogP contribution in [0.5, 0.6) is 0 Å². The van der Waals surface area contributed by atoms with E-state index >= 15 is 0 Å². The predicted octanol–water partition coefficient (Wildman–Crippen LogP) is 2.81. The third-order valence-corrected chi connectivity index (χ3v) is 2.90. The van der Waals surface area contributed by atoms with Gasteiger partial charge in [-0.2, -0.15) is 18.3 Å². The summed E-state index contributed by atoms with van der Waals surface area (Å²) in [4.78, 5) is 11.1. The highest BCUT2D eigenvalue weighted by molar-refractivity contribution is 6.00. The van der Waals surface area contributed by atoms with Gasteiger partial charge in [0.15, 0.2) is 0 Å². The van der Waals surface area contributed by atoms with Crippen molar-refractivity contribution in [3.63, 3.8) is 0 Å². The van der Waals surface area contributed by atoms with E-state index in [0.29, 0.717) is 13.1 Å². The summed E-state index contributed by atoms with van der Waals surface area (Å²) >= 11 is 0. The SMILES string of the molecule is CCn1nc(C)cc1Cn1ccc(C(=O)C(F)(F)F)c1. The Morgan fingerprint density at radius 3 is 2.70 bits per heavy atom. The molecule has 0 atom stereocenters. The highest BCUT2D eigenvalue weighted by Crippen LogP contribution is 2.21. The van der Waals surface area contributed by atoms with Crippen molar-refractivity contribution < 1.29 is 18.0 Å². The molecule has 0 aromatic carbocycles. The smallest absolute Gasteiger partial charge is 0.348 e. The largest absolute Gasteiger partial charge is 0.454 e. The quantitative estimate of drug-likeness (QED) is 0.810. The Morgan fingerprint density at radius 1 is 1.40 bits per heavy atom. The van der Waals surface area contributed by atoms with E-state index in [4.69, 9.17) is 0 Å². The summed E-state index contributed by atoms with van der Waals surface area (Å²) in [6, 6.07) is 3.05. The molecule has 0 radical (unpaired) electrons. The number of Topliss-reactive ketones (excluding diaryl/α,β-unsaturated/α-hetero) is 1. The monoisotopic (exact) mass is 285 g/mol. The summed E-state index contributed by atoms with van der Waals surface area (Å²) < 4.78 is 40.3. The second-order valence-corrected chi connectivity index (χ2v) is 4.49. The zero-order valence-electron chi connectivity index (χ0n) is 11.1. The molecule has 0 amide bonds. The molecule has 0 N–H and O–H groups in total.